The van der Waals surface area contributed by atoms with Crippen molar-refractivity contribution in [1.82, 2.24) is 0 Å². The van der Waals surface area contributed by atoms with Gasteiger partial charge in [-0.1, -0.05) is 26.5 Å². The molecule has 0 bridgehead atoms. The molecule has 5 nitrogen and oxygen atoms in total. The van der Waals surface area contributed by atoms with Gasteiger partial charge in [-0.25, -0.2) is 0 Å². The molecular formula is C20H32N2O3. The molecule has 5 N–H and O–H groups in total. The van der Waals surface area contributed by atoms with Crippen LogP contribution in [0.25, 0.3) is 0 Å². The van der Waals surface area contributed by atoms with Gasteiger partial charge < -0.3 is 21.3 Å². The lowest BCUT2D eigenvalue weighted by Crippen LogP contribution is -2.30. The second kappa shape index (κ2) is 12.8. The first-order valence-electron chi connectivity index (χ1n) is 8.05. The summed E-state index contributed by atoms with van der Waals surface area (Å²) in [6, 6.07) is 6.66. The summed E-state index contributed by atoms with van der Waals surface area (Å²) >= 11 is 0. The standard InChI is InChI=1S/C11H14O3.C7H12N2.C2H6/c1-11(2,13)10(12)8-4-6-9(14-3)7-5-8;1-3-4-7(9)5-6(2)8;1-2/h4-7,13H,1-3H3;3-5H,1,8-9H2,2H3;1-2H3/b;6-5+,7-4+;. The van der Waals surface area contributed by atoms with E-state index in [1.54, 1.807) is 56.5 Å². The van der Waals surface area contributed by atoms with Gasteiger partial charge in [-0.2, -0.15) is 0 Å². The lowest BCUT2D eigenvalue weighted by atomic mass is 9.97. The number of benzene rings is 1. The summed E-state index contributed by atoms with van der Waals surface area (Å²) in [5.74, 6) is 0.400. The monoisotopic (exact) mass is 348 g/mol. The first-order chi connectivity index (χ1) is 11.6. The molecule has 0 aliphatic rings. The Morgan fingerprint density at radius 1 is 1.20 bits per heavy atom. The summed E-state index contributed by atoms with van der Waals surface area (Å²) in [5.41, 5.74) is 11.2. The van der Waals surface area contributed by atoms with Crippen LogP contribution in [0, 0.1) is 0 Å². The second-order valence-corrected chi connectivity index (χ2v) is 5.41. The minimum atomic E-state index is -1.32. The molecule has 1 rings (SSSR count). The van der Waals surface area contributed by atoms with Crippen molar-refractivity contribution < 1.29 is 14.6 Å². The number of nitrogens with two attached hydrogens (primary N) is 2. The van der Waals surface area contributed by atoms with Crippen molar-refractivity contribution in [1.29, 1.82) is 0 Å². The maximum atomic E-state index is 11.6. The Bertz CT molecular complexity index is 576. The fourth-order valence-electron chi connectivity index (χ4n) is 1.54. The van der Waals surface area contributed by atoms with Crippen LogP contribution in [0.4, 0.5) is 0 Å². The Morgan fingerprint density at radius 2 is 1.68 bits per heavy atom. The van der Waals surface area contributed by atoms with Gasteiger partial charge in [-0.15, -0.1) is 0 Å². The van der Waals surface area contributed by atoms with Crippen LogP contribution in [0.2, 0.25) is 0 Å². The molecule has 1 aromatic rings. The third-order valence-corrected chi connectivity index (χ3v) is 2.61. The highest BCUT2D eigenvalue weighted by Gasteiger charge is 2.24. The first kappa shape index (κ1) is 24.7. The van der Waals surface area contributed by atoms with Crippen LogP contribution in [0.3, 0.4) is 0 Å². The normalized spacial score (nSPS) is 11.3. The Labute approximate surface area is 151 Å². The highest BCUT2D eigenvalue weighted by Crippen LogP contribution is 2.16. The fraction of sp³-hybridized carbons (Fsp3) is 0.350. The van der Waals surface area contributed by atoms with E-state index in [9.17, 15) is 9.90 Å². The Kier molecular flexibility index (Phi) is 12.7. The summed E-state index contributed by atoms with van der Waals surface area (Å²) in [5, 5.41) is 9.49. The predicted octanol–water partition coefficient (Wildman–Crippen LogP) is 3.55. The van der Waals surface area contributed by atoms with E-state index in [-0.39, 0.29) is 5.78 Å². The van der Waals surface area contributed by atoms with Crippen LogP contribution in [-0.4, -0.2) is 23.6 Å². The van der Waals surface area contributed by atoms with Gasteiger partial charge in [0.2, 0.25) is 0 Å². The maximum Gasteiger partial charge on any atom is 0.193 e. The third kappa shape index (κ3) is 11.6. The van der Waals surface area contributed by atoms with Crippen molar-refractivity contribution in [3.05, 3.63) is 66.0 Å². The van der Waals surface area contributed by atoms with Crippen molar-refractivity contribution in [3.8, 4) is 5.75 Å². The minimum absolute atomic E-state index is 0.292. The van der Waals surface area contributed by atoms with Crippen molar-refractivity contribution in [2.24, 2.45) is 11.5 Å². The number of methoxy groups -OCH3 is 1. The molecule has 0 amide bonds. The largest absolute Gasteiger partial charge is 0.497 e. The maximum absolute atomic E-state index is 11.6. The van der Waals surface area contributed by atoms with E-state index in [1.165, 1.54) is 13.8 Å². The quantitative estimate of drug-likeness (QED) is 0.558. The van der Waals surface area contributed by atoms with E-state index in [4.69, 9.17) is 16.2 Å². The van der Waals surface area contributed by atoms with Gasteiger partial charge in [0.05, 0.1) is 7.11 Å². The average molecular weight is 348 g/mol. The number of Topliss-reactive ketones (excluding diaryl/α,β-unsaturated/α-hetero) is 1. The van der Waals surface area contributed by atoms with Crippen molar-refractivity contribution in [2.75, 3.05) is 7.11 Å². The molecule has 140 valence electrons. The van der Waals surface area contributed by atoms with Crippen molar-refractivity contribution in [2.45, 2.75) is 40.2 Å². The summed E-state index contributed by atoms with van der Waals surface area (Å²) < 4.78 is 4.96. The van der Waals surface area contributed by atoms with Crippen molar-refractivity contribution in [3.63, 3.8) is 0 Å². The van der Waals surface area contributed by atoms with Gasteiger partial charge in [0.25, 0.3) is 0 Å². The predicted molar refractivity (Wildman–Crippen MR) is 105 cm³/mol. The molecule has 1 aromatic carbocycles. The molecule has 0 radical (unpaired) electrons. The smallest absolute Gasteiger partial charge is 0.193 e. The molecule has 0 unspecified atom stereocenters. The Hall–Kier alpha value is -2.53. The molecule has 0 heterocycles. The summed E-state index contributed by atoms with van der Waals surface area (Å²) in [6.45, 7) is 12.2. The minimum Gasteiger partial charge on any atom is -0.497 e. The number of carbonyl (C=O) groups excluding carboxylic acids is 1. The van der Waals surface area contributed by atoms with E-state index in [0.29, 0.717) is 22.7 Å². The lowest BCUT2D eigenvalue weighted by molar-refractivity contribution is 0.0488. The number of ether oxygens (including phenoxy) is 1. The van der Waals surface area contributed by atoms with Crippen LogP contribution in [0.1, 0.15) is 45.0 Å². The molecule has 0 saturated carbocycles. The number of carbonyl (C=O) groups is 1. The van der Waals surface area contributed by atoms with Gasteiger partial charge in [-0.05, 0) is 57.2 Å². The zero-order valence-corrected chi connectivity index (χ0v) is 16.2. The Morgan fingerprint density at radius 3 is 2.00 bits per heavy atom. The van der Waals surface area contributed by atoms with E-state index < -0.39 is 5.60 Å². The highest BCUT2D eigenvalue weighted by molar-refractivity contribution is 6.01. The second-order valence-electron chi connectivity index (χ2n) is 5.41. The molecule has 0 saturated heterocycles. The molecule has 5 heteroatoms. The molecule has 0 aromatic heterocycles. The molecule has 25 heavy (non-hydrogen) atoms. The zero-order valence-electron chi connectivity index (χ0n) is 16.2. The number of hydrogen-bond donors (Lipinski definition) is 3. The average Bonchev–Trinajstić information content (AvgIpc) is 2.55. The van der Waals surface area contributed by atoms with Crippen LogP contribution < -0.4 is 16.2 Å². The summed E-state index contributed by atoms with van der Waals surface area (Å²) in [6.07, 6.45) is 4.99. The van der Waals surface area contributed by atoms with Crippen LogP contribution in [-0.2, 0) is 0 Å². The molecular weight excluding hydrogens is 316 g/mol. The number of allylic oxidation sites excluding steroid dienone is 4. The molecule has 0 atom stereocenters. The van der Waals surface area contributed by atoms with Gasteiger partial charge in [0, 0.05) is 17.0 Å². The van der Waals surface area contributed by atoms with E-state index in [2.05, 4.69) is 6.58 Å². The van der Waals surface area contributed by atoms with Gasteiger partial charge in [-0.3, -0.25) is 4.79 Å². The van der Waals surface area contributed by atoms with E-state index in [0.717, 1.165) is 0 Å². The van der Waals surface area contributed by atoms with E-state index >= 15 is 0 Å². The van der Waals surface area contributed by atoms with Crippen LogP contribution in [0.15, 0.2) is 60.5 Å². The fourth-order valence-corrected chi connectivity index (χ4v) is 1.54. The van der Waals surface area contributed by atoms with Crippen molar-refractivity contribution >= 4 is 5.78 Å². The lowest BCUT2D eigenvalue weighted by Gasteiger charge is -2.15. The van der Waals surface area contributed by atoms with E-state index in [1.807, 2.05) is 13.8 Å². The first-order valence-corrected chi connectivity index (χ1v) is 8.05. The number of ketones is 1. The summed E-state index contributed by atoms with van der Waals surface area (Å²) in [4.78, 5) is 11.6. The highest BCUT2D eigenvalue weighted by atomic mass is 16.5. The van der Waals surface area contributed by atoms with Crippen LogP contribution in [0.5, 0.6) is 5.75 Å². The number of rotatable bonds is 5. The topological polar surface area (TPSA) is 98.6 Å². The number of aliphatic hydroxyl groups is 1. The number of hydrogen-bond acceptors (Lipinski definition) is 5. The zero-order chi connectivity index (χ0) is 20.0. The SMILES string of the molecule is C=C/C=C(N)\C=C(/C)N.CC.COc1ccc(C(=O)C(C)(C)O)cc1. The van der Waals surface area contributed by atoms with Crippen LogP contribution >= 0.6 is 0 Å². The van der Waals surface area contributed by atoms with Gasteiger partial charge in [0.15, 0.2) is 5.78 Å². The van der Waals surface area contributed by atoms with Gasteiger partial charge in [0.1, 0.15) is 11.4 Å². The molecule has 0 spiro atoms. The molecule has 0 aliphatic carbocycles. The summed E-state index contributed by atoms with van der Waals surface area (Å²) in [7, 11) is 1.56. The van der Waals surface area contributed by atoms with Gasteiger partial charge >= 0.3 is 0 Å². The third-order valence-electron chi connectivity index (χ3n) is 2.61. The Balaban J connectivity index is 0. The molecule has 0 aliphatic heterocycles. The molecule has 0 fully saturated rings.